The summed E-state index contributed by atoms with van der Waals surface area (Å²) in [6.07, 6.45) is 1.74. The third-order valence-corrected chi connectivity index (χ3v) is 4.66. The highest BCUT2D eigenvalue weighted by molar-refractivity contribution is 5.80. The quantitative estimate of drug-likeness (QED) is 0.879. The lowest BCUT2D eigenvalue weighted by molar-refractivity contribution is -0.141. The van der Waals surface area contributed by atoms with Gasteiger partial charge >= 0.3 is 5.97 Å². The fraction of sp³-hybridized carbons (Fsp3) is 0.556. The number of carboxylic acids is 1. The molecule has 1 saturated carbocycles. The molecule has 4 heteroatoms. The lowest BCUT2D eigenvalue weighted by atomic mass is 9.83. The molecule has 2 atom stereocenters. The number of aryl methyl sites for hydroxylation is 1. The Kier molecular flexibility index (Phi) is 4.89. The molecule has 0 bridgehead atoms. The summed E-state index contributed by atoms with van der Waals surface area (Å²) in [4.78, 5) is 23.2. The van der Waals surface area contributed by atoms with Crippen molar-refractivity contribution >= 4 is 11.9 Å². The van der Waals surface area contributed by atoms with E-state index in [-0.39, 0.29) is 23.2 Å². The number of amides is 1. The topological polar surface area (TPSA) is 66.4 Å². The number of carbonyl (C=O) groups is 2. The van der Waals surface area contributed by atoms with E-state index in [9.17, 15) is 9.59 Å². The molecule has 0 radical (unpaired) electrons. The third kappa shape index (κ3) is 3.87. The van der Waals surface area contributed by atoms with E-state index < -0.39 is 5.97 Å². The van der Waals surface area contributed by atoms with Gasteiger partial charge in [-0.15, -0.1) is 0 Å². The van der Waals surface area contributed by atoms with Gasteiger partial charge in [0.2, 0.25) is 5.91 Å². The Labute approximate surface area is 131 Å². The number of nitrogens with one attached hydrogen (secondary N) is 1. The molecule has 1 aliphatic carbocycles. The van der Waals surface area contributed by atoms with Gasteiger partial charge in [-0.1, -0.05) is 43.7 Å². The molecule has 0 unspecified atom stereocenters. The lowest BCUT2D eigenvalue weighted by Gasteiger charge is -2.27. The molecule has 2 N–H and O–H groups in total. The van der Waals surface area contributed by atoms with Crippen LogP contribution in [0.3, 0.4) is 0 Å². The van der Waals surface area contributed by atoms with Crippen molar-refractivity contribution in [3.8, 4) is 0 Å². The zero-order valence-corrected chi connectivity index (χ0v) is 13.6. The summed E-state index contributed by atoms with van der Waals surface area (Å²) in [5.74, 6) is -1.31. The van der Waals surface area contributed by atoms with E-state index in [1.165, 1.54) is 11.1 Å². The zero-order chi connectivity index (χ0) is 16.3. The maximum absolute atomic E-state index is 12.3. The van der Waals surface area contributed by atoms with Gasteiger partial charge in [0, 0.05) is 17.9 Å². The van der Waals surface area contributed by atoms with Gasteiger partial charge in [0.15, 0.2) is 0 Å². The molecule has 1 aliphatic rings. The number of aliphatic carboxylic acids is 1. The SMILES string of the molecule is Cc1cccc(C(C)(C)CNC(=O)[C@@H]2CC[C@H](C(=O)O)C2)c1. The highest BCUT2D eigenvalue weighted by Gasteiger charge is 2.34. The molecule has 0 saturated heterocycles. The monoisotopic (exact) mass is 303 g/mol. The van der Waals surface area contributed by atoms with Gasteiger partial charge in [-0.25, -0.2) is 0 Å². The minimum absolute atomic E-state index is 0.00974. The molecule has 120 valence electrons. The minimum atomic E-state index is -0.782. The maximum atomic E-state index is 12.3. The largest absolute Gasteiger partial charge is 0.481 e. The van der Waals surface area contributed by atoms with Gasteiger partial charge in [0.1, 0.15) is 0 Å². The Balaban J connectivity index is 1.92. The molecule has 2 rings (SSSR count). The minimum Gasteiger partial charge on any atom is -0.481 e. The molecule has 1 aromatic carbocycles. The summed E-state index contributed by atoms with van der Waals surface area (Å²) in [5, 5.41) is 12.0. The van der Waals surface area contributed by atoms with Gasteiger partial charge in [-0.2, -0.15) is 0 Å². The second kappa shape index (κ2) is 6.51. The fourth-order valence-corrected chi connectivity index (χ4v) is 3.06. The predicted molar refractivity (Wildman–Crippen MR) is 85.7 cm³/mol. The Morgan fingerprint density at radius 1 is 1.27 bits per heavy atom. The van der Waals surface area contributed by atoms with E-state index in [0.717, 1.165) is 0 Å². The normalized spacial score (nSPS) is 21.6. The Morgan fingerprint density at radius 2 is 1.95 bits per heavy atom. The summed E-state index contributed by atoms with van der Waals surface area (Å²) in [6.45, 7) is 6.83. The second-order valence-corrected chi connectivity index (χ2v) is 7.02. The van der Waals surface area contributed by atoms with Crippen LogP contribution in [-0.4, -0.2) is 23.5 Å². The van der Waals surface area contributed by atoms with Crippen LogP contribution >= 0.6 is 0 Å². The first-order valence-corrected chi connectivity index (χ1v) is 7.87. The average Bonchev–Trinajstić information content (AvgIpc) is 2.95. The maximum Gasteiger partial charge on any atom is 0.306 e. The van der Waals surface area contributed by atoms with Crippen molar-refractivity contribution in [2.24, 2.45) is 11.8 Å². The summed E-state index contributed by atoms with van der Waals surface area (Å²) in [7, 11) is 0. The second-order valence-electron chi connectivity index (χ2n) is 7.02. The van der Waals surface area contributed by atoms with Crippen molar-refractivity contribution in [1.82, 2.24) is 5.32 Å². The van der Waals surface area contributed by atoms with Gasteiger partial charge in [-0.05, 0) is 31.7 Å². The highest BCUT2D eigenvalue weighted by atomic mass is 16.4. The van der Waals surface area contributed by atoms with Gasteiger partial charge in [0.25, 0.3) is 0 Å². The van der Waals surface area contributed by atoms with Crippen LogP contribution in [0.1, 0.15) is 44.2 Å². The van der Waals surface area contributed by atoms with E-state index in [0.29, 0.717) is 25.8 Å². The van der Waals surface area contributed by atoms with Crippen molar-refractivity contribution in [2.45, 2.75) is 45.4 Å². The first-order chi connectivity index (χ1) is 10.3. The molecule has 1 fully saturated rings. The summed E-state index contributed by atoms with van der Waals surface area (Å²) >= 11 is 0. The Hall–Kier alpha value is -1.84. The fourth-order valence-electron chi connectivity index (χ4n) is 3.06. The van der Waals surface area contributed by atoms with E-state index in [1.54, 1.807) is 0 Å². The van der Waals surface area contributed by atoms with E-state index in [2.05, 4.69) is 44.3 Å². The average molecular weight is 303 g/mol. The van der Waals surface area contributed by atoms with Crippen LogP contribution in [0.25, 0.3) is 0 Å². The number of carbonyl (C=O) groups excluding carboxylic acids is 1. The molecule has 0 spiro atoms. The summed E-state index contributed by atoms with van der Waals surface area (Å²) in [5.41, 5.74) is 2.26. The molecule has 1 amide bonds. The van der Waals surface area contributed by atoms with Crippen LogP contribution in [0, 0.1) is 18.8 Å². The zero-order valence-electron chi connectivity index (χ0n) is 13.6. The number of carboxylic acid groups (broad SMARTS) is 1. The van der Waals surface area contributed by atoms with E-state index >= 15 is 0 Å². The molecular weight excluding hydrogens is 278 g/mol. The van der Waals surface area contributed by atoms with Crippen LogP contribution in [0.5, 0.6) is 0 Å². The van der Waals surface area contributed by atoms with Gasteiger partial charge < -0.3 is 10.4 Å². The number of hydrogen-bond acceptors (Lipinski definition) is 2. The molecule has 4 nitrogen and oxygen atoms in total. The van der Waals surface area contributed by atoms with Gasteiger partial charge in [0.05, 0.1) is 5.92 Å². The number of benzene rings is 1. The van der Waals surface area contributed by atoms with E-state index in [4.69, 9.17) is 5.11 Å². The van der Waals surface area contributed by atoms with Crippen LogP contribution in [0.4, 0.5) is 0 Å². The van der Waals surface area contributed by atoms with Crippen LogP contribution < -0.4 is 5.32 Å². The van der Waals surface area contributed by atoms with Crippen molar-refractivity contribution in [3.05, 3.63) is 35.4 Å². The van der Waals surface area contributed by atoms with Crippen molar-refractivity contribution in [3.63, 3.8) is 0 Å². The highest BCUT2D eigenvalue weighted by Crippen LogP contribution is 2.31. The third-order valence-electron chi connectivity index (χ3n) is 4.66. The lowest BCUT2D eigenvalue weighted by Crippen LogP contribution is -2.39. The molecule has 1 aromatic rings. The first-order valence-electron chi connectivity index (χ1n) is 7.87. The Morgan fingerprint density at radius 3 is 2.55 bits per heavy atom. The van der Waals surface area contributed by atoms with Crippen molar-refractivity contribution < 1.29 is 14.7 Å². The van der Waals surface area contributed by atoms with Crippen LogP contribution in [0.2, 0.25) is 0 Å². The first kappa shape index (κ1) is 16.5. The predicted octanol–water partition coefficient (Wildman–Crippen LogP) is 2.89. The smallest absolute Gasteiger partial charge is 0.306 e. The van der Waals surface area contributed by atoms with Crippen LogP contribution in [0.15, 0.2) is 24.3 Å². The van der Waals surface area contributed by atoms with Crippen molar-refractivity contribution in [1.29, 1.82) is 0 Å². The molecular formula is C18H25NO3. The molecule has 0 aromatic heterocycles. The van der Waals surface area contributed by atoms with E-state index in [1.807, 2.05) is 6.07 Å². The molecule has 0 heterocycles. The number of rotatable bonds is 5. The summed E-state index contributed by atoms with van der Waals surface area (Å²) in [6, 6.07) is 8.31. The summed E-state index contributed by atoms with van der Waals surface area (Å²) < 4.78 is 0. The van der Waals surface area contributed by atoms with Gasteiger partial charge in [-0.3, -0.25) is 9.59 Å². The van der Waals surface area contributed by atoms with Crippen molar-refractivity contribution in [2.75, 3.05) is 6.54 Å². The standard InChI is InChI=1S/C18H25NO3/c1-12-5-4-6-15(9-12)18(2,3)11-19-16(20)13-7-8-14(10-13)17(21)22/h4-6,9,13-14H,7-8,10-11H2,1-3H3,(H,19,20)(H,21,22)/t13-,14+/m1/s1. The van der Waals surface area contributed by atoms with Crippen LogP contribution in [-0.2, 0) is 15.0 Å². The Bertz CT molecular complexity index is 565. The molecule has 22 heavy (non-hydrogen) atoms. The number of hydrogen-bond donors (Lipinski definition) is 2. The molecule has 0 aliphatic heterocycles.